The molecule has 0 bridgehead atoms. The van der Waals surface area contributed by atoms with Crippen LogP contribution in [-0.4, -0.2) is 26.4 Å². The predicted octanol–water partition coefficient (Wildman–Crippen LogP) is 7.34. The molecule has 1 amide bonds. The van der Waals surface area contributed by atoms with E-state index in [0.29, 0.717) is 11.0 Å². The number of hydrogen-bond acceptors (Lipinski definition) is 5. The van der Waals surface area contributed by atoms with Crippen molar-refractivity contribution in [2.24, 2.45) is 0 Å². The monoisotopic (exact) mass is 536 g/mol. The summed E-state index contributed by atoms with van der Waals surface area (Å²) < 4.78 is 8.05. The van der Waals surface area contributed by atoms with Gasteiger partial charge >= 0.3 is 0 Å². The molecule has 7 heteroatoms. The van der Waals surface area contributed by atoms with Gasteiger partial charge < -0.3 is 10.1 Å². The lowest BCUT2D eigenvalue weighted by molar-refractivity contribution is -0.113. The zero-order valence-electron chi connectivity index (χ0n) is 22.6. The summed E-state index contributed by atoms with van der Waals surface area (Å²) in [7, 11) is 0. The standard InChI is InChI=1S/C32H32N4O2S/c1-22-12-16-25(17-13-22)36-29(20-38-26-18-14-24(15-19-26)32(2,3)4)34-35-31(36)39-21-30(37)33-28-11-7-9-23-8-5-6-10-27(23)28/h5-19H,20-21H2,1-4H3,(H,33,37). The average Bonchev–Trinajstić information content (AvgIpc) is 3.34. The minimum Gasteiger partial charge on any atom is -0.486 e. The minimum absolute atomic E-state index is 0.0795. The number of fused-ring (bicyclic) bond motifs is 1. The van der Waals surface area contributed by atoms with Crippen LogP contribution in [0.25, 0.3) is 16.5 Å². The molecule has 0 saturated heterocycles. The molecule has 0 atom stereocenters. The van der Waals surface area contributed by atoms with Crippen LogP contribution in [0.1, 0.15) is 37.7 Å². The highest BCUT2D eigenvalue weighted by Gasteiger charge is 2.18. The molecule has 0 unspecified atom stereocenters. The number of rotatable bonds is 8. The van der Waals surface area contributed by atoms with Crippen molar-refractivity contribution in [3.8, 4) is 11.4 Å². The van der Waals surface area contributed by atoms with Gasteiger partial charge in [-0.25, -0.2) is 0 Å². The normalized spacial score (nSPS) is 11.5. The van der Waals surface area contributed by atoms with E-state index < -0.39 is 0 Å². The van der Waals surface area contributed by atoms with E-state index >= 15 is 0 Å². The topological polar surface area (TPSA) is 69.0 Å². The molecule has 0 aliphatic heterocycles. The van der Waals surface area contributed by atoms with Crippen LogP contribution in [-0.2, 0) is 16.8 Å². The number of carbonyl (C=O) groups excluding carboxylic acids is 1. The molecule has 0 aliphatic rings. The second kappa shape index (κ2) is 11.3. The van der Waals surface area contributed by atoms with Crippen LogP contribution in [0, 0.1) is 6.92 Å². The summed E-state index contributed by atoms with van der Waals surface area (Å²) in [5.74, 6) is 1.52. The minimum atomic E-state index is -0.105. The fraction of sp³-hybridized carbons (Fsp3) is 0.219. The molecule has 1 aromatic heterocycles. The largest absolute Gasteiger partial charge is 0.486 e. The number of nitrogens with one attached hydrogen (secondary N) is 1. The lowest BCUT2D eigenvalue weighted by atomic mass is 9.87. The number of amides is 1. The number of carbonyl (C=O) groups is 1. The molecule has 5 aromatic rings. The van der Waals surface area contributed by atoms with Crippen LogP contribution in [0.3, 0.4) is 0 Å². The number of aryl methyl sites for hydroxylation is 1. The van der Waals surface area contributed by atoms with Crippen LogP contribution in [0.4, 0.5) is 5.69 Å². The van der Waals surface area contributed by atoms with Gasteiger partial charge in [-0.05, 0) is 53.6 Å². The van der Waals surface area contributed by atoms with Gasteiger partial charge in [0.05, 0.1) is 5.75 Å². The van der Waals surface area contributed by atoms with E-state index in [0.717, 1.165) is 33.5 Å². The zero-order chi connectivity index (χ0) is 27.4. The number of hydrogen-bond donors (Lipinski definition) is 1. The van der Waals surface area contributed by atoms with Gasteiger partial charge in [-0.3, -0.25) is 9.36 Å². The molecule has 39 heavy (non-hydrogen) atoms. The smallest absolute Gasteiger partial charge is 0.234 e. The molecule has 1 N–H and O–H groups in total. The first kappa shape index (κ1) is 26.5. The SMILES string of the molecule is Cc1ccc(-n2c(COc3ccc(C(C)(C)C)cc3)nnc2SCC(=O)Nc2cccc3ccccc23)cc1. The first-order valence-corrected chi connectivity index (χ1v) is 13.9. The number of thioether (sulfide) groups is 1. The van der Waals surface area contributed by atoms with Crippen molar-refractivity contribution in [3.63, 3.8) is 0 Å². The highest BCUT2D eigenvalue weighted by Crippen LogP contribution is 2.27. The Morgan fingerprint density at radius 1 is 0.897 bits per heavy atom. The highest BCUT2D eigenvalue weighted by atomic mass is 32.2. The molecule has 0 spiro atoms. The number of anilines is 1. The average molecular weight is 537 g/mol. The Hall–Kier alpha value is -4.10. The lowest BCUT2D eigenvalue weighted by Gasteiger charge is -2.19. The van der Waals surface area contributed by atoms with Crippen molar-refractivity contribution >= 4 is 34.1 Å². The summed E-state index contributed by atoms with van der Waals surface area (Å²) in [5.41, 5.74) is 4.20. The van der Waals surface area contributed by atoms with E-state index in [-0.39, 0.29) is 23.7 Å². The van der Waals surface area contributed by atoms with Gasteiger partial charge in [-0.1, -0.05) is 98.8 Å². The third-order valence-electron chi connectivity index (χ3n) is 6.48. The molecule has 0 fully saturated rings. The number of nitrogens with zero attached hydrogens (tertiary/aromatic N) is 3. The number of aromatic nitrogens is 3. The predicted molar refractivity (Wildman–Crippen MR) is 159 cm³/mol. The van der Waals surface area contributed by atoms with Gasteiger partial charge in [-0.15, -0.1) is 10.2 Å². The third-order valence-corrected chi connectivity index (χ3v) is 7.41. The summed E-state index contributed by atoms with van der Waals surface area (Å²) in [6, 6.07) is 30.2. The van der Waals surface area contributed by atoms with Crippen LogP contribution in [0.5, 0.6) is 5.75 Å². The van der Waals surface area contributed by atoms with Gasteiger partial charge in [0.1, 0.15) is 12.4 Å². The Labute approximate surface area is 233 Å². The zero-order valence-corrected chi connectivity index (χ0v) is 23.5. The van der Waals surface area contributed by atoms with Crippen molar-refractivity contribution in [1.29, 1.82) is 0 Å². The maximum absolute atomic E-state index is 12.9. The van der Waals surface area contributed by atoms with Crippen molar-refractivity contribution in [3.05, 3.63) is 108 Å². The van der Waals surface area contributed by atoms with Crippen molar-refractivity contribution in [1.82, 2.24) is 14.8 Å². The van der Waals surface area contributed by atoms with Gasteiger partial charge in [0.25, 0.3) is 0 Å². The fourth-order valence-electron chi connectivity index (χ4n) is 4.29. The molecule has 198 valence electrons. The van der Waals surface area contributed by atoms with Gasteiger partial charge in [-0.2, -0.15) is 0 Å². The first-order chi connectivity index (χ1) is 18.8. The summed E-state index contributed by atoms with van der Waals surface area (Å²) in [5, 5.41) is 14.6. The van der Waals surface area contributed by atoms with E-state index in [9.17, 15) is 4.79 Å². The molecule has 1 heterocycles. The van der Waals surface area contributed by atoms with E-state index in [2.05, 4.69) is 55.3 Å². The molecule has 6 nitrogen and oxygen atoms in total. The maximum atomic E-state index is 12.9. The lowest BCUT2D eigenvalue weighted by Crippen LogP contribution is -2.15. The Morgan fingerprint density at radius 2 is 1.62 bits per heavy atom. The molecule has 0 aliphatic carbocycles. The molecular formula is C32H32N4O2S. The quantitative estimate of drug-likeness (QED) is 0.210. The van der Waals surface area contributed by atoms with Crippen LogP contribution in [0.2, 0.25) is 0 Å². The van der Waals surface area contributed by atoms with E-state index in [4.69, 9.17) is 4.74 Å². The Morgan fingerprint density at radius 3 is 2.36 bits per heavy atom. The maximum Gasteiger partial charge on any atom is 0.234 e. The number of ether oxygens (including phenoxy) is 1. The van der Waals surface area contributed by atoms with Crippen molar-refractivity contribution in [2.75, 3.05) is 11.1 Å². The summed E-state index contributed by atoms with van der Waals surface area (Å²) in [6.07, 6.45) is 0. The number of benzene rings is 4. The van der Waals surface area contributed by atoms with Crippen molar-refractivity contribution in [2.45, 2.75) is 44.9 Å². The molecule has 4 aromatic carbocycles. The third kappa shape index (κ3) is 6.32. The van der Waals surface area contributed by atoms with Crippen LogP contribution >= 0.6 is 11.8 Å². The Balaban J connectivity index is 1.32. The molecular weight excluding hydrogens is 504 g/mol. The van der Waals surface area contributed by atoms with Gasteiger partial charge in [0, 0.05) is 16.8 Å². The first-order valence-electron chi connectivity index (χ1n) is 12.9. The second-order valence-electron chi connectivity index (χ2n) is 10.5. The van der Waals surface area contributed by atoms with Crippen LogP contribution in [0.15, 0.2) is 96.2 Å². The highest BCUT2D eigenvalue weighted by molar-refractivity contribution is 7.99. The van der Waals surface area contributed by atoms with E-state index in [1.165, 1.54) is 17.3 Å². The van der Waals surface area contributed by atoms with Gasteiger partial charge in [0.15, 0.2) is 11.0 Å². The molecule has 5 rings (SSSR count). The van der Waals surface area contributed by atoms with E-state index in [1.54, 1.807) is 0 Å². The van der Waals surface area contributed by atoms with Gasteiger partial charge in [0.2, 0.25) is 5.91 Å². The Kier molecular flexibility index (Phi) is 7.70. The summed E-state index contributed by atoms with van der Waals surface area (Å²) >= 11 is 1.35. The van der Waals surface area contributed by atoms with Crippen LogP contribution < -0.4 is 10.1 Å². The molecule has 0 radical (unpaired) electrons. The summed E-state index contributed by atoms with van der Waals surface area (Å²) in [6.45, 7) is 8.87. The molecule has 0 saturated carbocycles. The summed E-state index contributed by atoms with van der Waals surface area (Å²) in [4.78, 5) is 12.9. The second-order valence-corrected chi connectivity index (χ2v) is 11.4. The Bertz CT molecular complexity index is 1580. The fourth-order valence-corrected chi connectivity index (χ4v) is 5.06. The van der Waals surface area contributed by atoms with E-state index in [1.807, 2.05) is 83.4 Å². The van der Waals surface area contributed by atoms with Crippen molar-refractivity contribution < 1.29 is 9.53 Å².